The number of ketones is 1. The summed E-state index contributed by atoms with van der Waals surface area (Å²) in [4.78, 5) is 23.1. The van der Waals surface area contributed by atoms with Crippen LogP contribution in [0, 0.1) is 6.92 Å². The maximum atomic E-state index is 12.2. The first-order chi connectivity index (χ1) is 10.5. The van der Waals surface area contributed by atoms with Crippen LogP contribution in [0.2, 0.25) is 0 Å². The molecule has 0 aliphatic carbocycles. The Balaban J connectivity index is 2.10. The minimum absolute atomic E-state index is 0.145. The summed E-state index contributed by atoms with van der Waals surface area (Å²) in [6.45, 7) is 1.59. The van der Waals surface area contributed by atoms with E-state index in [4.69, 9.17) is 14.6 Å². The number of benzene rings is 2. The van der Waals surface area contributed by atoms with Crippen molar-refractivity contribution in [2.24, 2.45) is 0 Å². The van der Waals surface area contributed by atoms with Crippen LogP contribution in [-0.2, 0) is 0 Å². The second-order valence-corrected chi connectivity index (χ2v) is 4.70. The van der Waals surface area contributed by atoms with Crippen LogP contribution >= 0.6 is 0 Å². The highest BCUT2D eigenvalue weighted by Crippen LogP contribution is 2.21. The fourth-order valence-electron chi connectivity index (χ4n) is 2.04. The average molecular weight is 300 g/mol. The summed E-state index contributed by atoms with van der Waals surface area (Å²) in [7, 11) is 1.50. The first kappa shape index (κ1) is 15.6. The number of Topliss-reactive ketones (excluding diaryl/α,β-unsaturated/α-hetero) is 1. The molecule has 0 unspecified atom stereocenters. The Morgan fingerprint density at radius 2 is 1.82 bits per heavy atom. The number of carbonyl (C=O) groups excluding carboxylic acids is 1. The van der Waals surface area contributed by atoms with Crippen LogP contribution in [0.4, 0.5) is 0 Å². The van der Waals surface area contributed by atoms with Gasteiger partial charge in [0.15, 0.2) is 6.61 Å². The molecule has 0 spiro atoms. The molecule has 114 valence electrons. The van der Waals surface area contributed by atoms with E-state index in [1.165, 1.54) is 19.2 Å². The molecule has 0 bridgehead atoms. The van der Waals surface area contributed by atoms with Crippen LogP contribution in [-0.4, -0.2) is 30.6 Å². The van der Waals surface area contributed by atoms with Gasteiger partial charge in [0.1, 0.15) is 11.5 Å². The first-order valence-corrected chi connectivity index (χ1v) is 6.66. The van der Waals surface area contributed by atoms with Gasteiger partial charge in [-0.15, -0.1) is 0 Å². The number of carboxylic acids is 1. The van der Waals surface area contributed by atoms with Crippen LogP contribution in [0.5, 0.6) is 11.5 Å². The number of aryl methyl sites for hydroxylation is 1. The van der Waals surface area contributed by atoms with Crippen LogP contribution in [0.1, 0.15) is 26.3 Å². The highest BCUT2D eigenvalue weighted by molar-refractivity contribution is 5.99. The highest BCUT2D eigenvalue weighted by atomic mass is 16.5. The summed E-state index contributed by atoms with van der Waals surface area (Å²) >= 11 is 0. The SMILES string of the molecule is COc1ccccc1C(=O)COc1ccc(C(=O)O)cc1C. The van der Waals surface area contributed by atoms with E-state index in [1.807, 2.05) is 0 Å². The summed E-state index contributed by atoms with van der Waals surface area (Å²) in [6.07, 6.45) is 0. The van der Waals surface area contributed by atoms with Gasteiger partial charge in [-0.1, -0.05) is 12.1 Å². The van der Waals surface area contributed by atoms with Gasteiger partial charge in [0.25, 0.3) is 0 Å². The number of carbonyl (C=O) groups is 2. The molecule has 0 radical (unpaired) electrons. The van der Waals surface area contributed by atoms with E-state index in [9.17, 15) is 9.59 Å². The molecule has 0 fully saturated rings. The molecule has 0 aliphatic rings. The largest absolute Gasteiger partial charge is 0.496 e. The molecule has 0 atom stereocenters. The van der Waals surface area contributed by atoms with Gasteiger partial charge in [-0.25, -0.2) is 4.79 Å². The van der Waals surface area contributed by atoms with Crippen molar-refractivity contribution in [1.82, 2.24) is 0 Å². The van der Waals surface area contributed by atoms with Crippen molar-refractivity contribution < 1.29 is 24.2 Å². The van der Waals surface area contributed by atoms with Gasteiger partial charge in [-0.2, -0.15) is 0 Å². The van der Waals surface area contributed by atoms with Gasteiger partial charge >= 0.3 is 5.97 Å². The number of methoxy groups -OCH3 is 1. The molecule has 5 heteroatoms. The van der Waals surface area contributed by atoms with Gasteiger partial charge in [0.2, 0.25) is 5.78 Å². The standard InChI is InChI=1S/C17H16O5/c1-11-9-12(17(19)20)7-8-15(11)22-10-14(18)13-5-3-4-6-16(13)21-2/h3-9H,10H2,1-2H3,(H,19,20). The number of aromatic carboxylic acids is 1. The molecule has 0 saturated heterocycles. The van der Waals surface area contributed by atoms with E-state index in [1.54, 1.807) is 37.3 Å². The predicted molar refractivity (Wildman–Crippen MR) is 81.0 cm³/mol. The summed E-state index contributed by atoms with van der Waals surface area (Å²) in [5.41, 5.74) is 1.29. The zero-order valence-corrected chi connectivity index (χ0v) is 12.3. The van der Waals surface area contributed by atoms with Crippen molar-refractivity contribution >= 4 is 11.8 Å². The smallest absolute Gasteiger partial charge is 0.335 e. The van der Waals surface area contributed by atoms with E-state index >= 15 is 0 Å². The van der Waals surface area contributed by atoms with Crippen molar-refractivity contribution in [1.29, 1.82) is 0 Å². The average Bonchev–Trinajstić information content (AvgIpc) is 2.53. The van der Waals surface area contributed by atoms with Gasteiger partial charge in [-0.3, -0.25) is 4.79 Å². The quantitative estimate of drug-likeness (QED) is 0.830. The lowest BCUT2D eigenvalue weighted by Crippen LogP contribution is -2.13. The molecule has 0 aromatic heterocycles. The van der Waals surface area contributed by atoms with Crippen molar-refractivity contribution in [3.05, 3.63) is 59.2 Å². The molecule has 22 heavy (non-hydrogen) atoms. The zero-order chi connectivity index (χ0) is 16.1. The maximum Gasteiger partial charge on any atom is 0.335 e. The maximum absolute atomic E-state index is 12.2. The number of hydrogen-bond acceptors (Lipinski definition) is 4. The van der Waals surface area contributed by atoms with E-state index in [0.717, 1.165) is 0 Å². The minimum Gasteiger partial charge on any atom is -0.496 e. The summed E-state index contributed by atoms with van der Waals surface area (Å²) in [5.74, 6) is -0.235. The number of carboxylic acid groups (broad SMARTS) is 1. The molecule has 0 saturated carbocycles. The van der Waals surface area contributed by atoms with Gasteiger partial charge in [-0.05, 0) is 42.8 Å². The third kappa shape index (κ3) is 3.44. The molecular weight excluding hydrogens is 284 g/mol. The van der Waals surface area contributed by atoms with Crippen molar-refractivity contribution in [3.8, 4) is 11.5 Å². The zero-order valence-electron chi connectivity index (χ0n) is 12.3. The van der Waals surface area contributed by atoms with Crippen LogP contribution in [0.15, 0.2) is 42.5 Å². The Kier molecular flexibility index (Phi) is 4.78. The number of hydrogen-bond donors (Lipinski definition) is 1. The Hall–Kier alpha value is -2.82. The Labute approximate surface area is 128 Å². The Morgan fingerprint density at radius 1 is 1.09 bits per heavy atom. The summed E-state index contributed by atoms with van der Waals surface area (Å²) in [6, 6.07) is 11.4. The second-order valence-electron chi connectivity index (χ2n) is 4.70. The molecule has 2 aromatic rings. The normalized spacial score (nSPS) is 10.1. The molecule has 0 heterocycles. The fraction of sp³-hybridized carbons (Fsp3) is 0.176. The molecular formula is C17H16O5. The fourth-order valence-corrected chi connectivity index (χ4v) is 2.04. The third-order valence-corrected chi connectivity index (χ3v) is 3.19. The van der Waals surface area contributed by atoms with Gasteiger partial charge in [0, 0.05) is 0 Å². The molecule has 0 amide bonds. The third-order valence-electron chi connectivity index (χ3n) is 3.19. The van der Waals surface area contributed by atoms with Gasteiger partial charge < -0.3 is 14.6 Å². The van der Waals surface area contributed by atoms with E-state index < -0.39 is 5.97 Å². The summed E-state index contributed by atoms with van der Waals surface area (Å²) < 4.78 is 10.6. The molecule has 1 N–H and O–H groups in total. The lowest BCUT2D eigenvalue weighted by molar-refractivity contribution is 0.0696. The number of rotatable bonds is 6. The monoisotopic (exact) mass is 300 g/mol. The van der Waals surface area contributed by atoms with Crippen LogP contribution in [0.3, 0.4) is 0 Å². The summed E-state index contributed by atoms with van der Waals surface area (Å²) in [5, 5.41) is 8.92. The lowest BCUT2D eigenvalue weighted by Gasteiger charge is -2.11. The van der Waals surface area contributed by atoms with Crippen molar-refractivity contribution in [2.45, 2.75) is 6.92 Å². The topological polar surface area (TPSA) is 72.8 Å². The number of para-hydroxylation sites is 1. The van der Waals surface area contributed by atoms with Crippen molar-refractivity contribution in [3.63, 3.8) is 0 Å². The Bertz CT molecular complexity index is 706. The highest BCUT2D eigenvalue weighted by Gasteiger charge is 2.13. The minimum atomic E-state index is -1.00. The predicted octanol–water partition coefficient (Wildman–Crippen LogP) is 2.96. The second kappa shape index (κ2) is 6.76. The molecule has 2 rings (SSSR count). The molecule has 0 aliphatic heterocycles. The van der Waals surface area contributed by atoms with E-state index in [2.05, 4.69) is 0 Å². The molecule has 5 nitrogen and oxygen atoms in total. The first-order valence-electron chi connectivity index (χ1n) is 6.66. The van der Waals surface area contributed by atoms with Crippen LogP contribution < -0.4 is 9.47 Å². The van der Waals surface area contributed by atoms with Crippen molar-refractivity contribution in [2.75, 3.05) is 13.7 Å². The van der Waals surface area contributed by atoms with Gasteiger partial charge in [0.05, 0.1) is 18.2 Å². The Morgan fingerprint density at radius 3 is 2.45 bits per heavy atom. The van der Waals surface area contributed by atoms with Crippen LogP contribution in [0.25, 0.3) is 0 Å². The van der Waals surface area contributed by atoms with E-state index in [-0.39, 0.29) is 18.0 Å². The van der Waals surface area contributed by atoms with E-state index in [0.29, 0.717) is 22.6 Å². The number of ether oxygens (including phenoxy) is 2. The lowest BCUT2D eigenvalue weighted by atomic mass is 10.1. The molecule has 2 aromatic carbocycles.